The number of aryl methyl sites for hydroxylation is 1. The molecule has 0 saturated heterocycles. The van der Waals surface area contributed by atoms with Gasteiger partial charge >= 0.3 is 5.97 Å². The Bertz CT molecular complexity index is 305. The van der Waals surface area contributed by atoms with Gasteiger partial charge in [-0.15, -0.1) is 0 Å². The molecule has 3 nitrogen and oxygen atoms in total. The van der Waals surface area contributed by atoms with E-state index in [1.165, 1.54) is 7.11 Å². The van der Waals surface area contributed by atoms with Gasteiger partial charge in [0, 0.05) is 16.9 Å². The lowest BCUT2D eigenvalue weighted by Gasteiger charge is -2.05. The number of pyridine rings is 1. The molecule has 4 heteroatoms. The maximum atomic E-state index is 11.0. The van der Waals surface area contributed by atoms with E-state index in [1.807, 2.05) is 6.92 Å². The van der Waals surface area contributed by atoms with Crippen LogP contribution in [0.4, 0.5) is 0 Å². The second-order valence-electron chi connectivity index (χ2n) is 2.67. The fourth-order valence-corrected chi connectivity index (χ4v) is 1.57. The van der Waals surface area contributed by atoms with Crippen molar-refractivity contribution in [3.8, 4) is 0 Å². The molecule has 0 N–H and O–H groups in total. The molecule has 0 unspecified atom stereocenters. The largest absolute Gasteiger partial charge is 0.469 e. The third kappa shape index (κ3) is 2.52. The molecule has 13 heavy (non-hydrogen) atoms. The monoisotopic (exact) mass is 243 g/mol. The molecule has 1 aromatic rings. The van der Waals surface area contributed by atoms with Crippen LogP contribution >= 0.6 is 15.9 Å². The van der Waals surface area contributed by atoms with E-state index in [-0.39, 0.29) is 12.4 Å². The number of ether oxygens (including phenoxy) is 1. The molecule has 0 aromatic carbocycles. The summed E-state index contributed by atoms with van der Waals surface area (Å²) in [6.45, 7) is 1.91. The SMILES string of the molecule is COC(=O)Cc1c(C)cncc1Br. The highest BCUT2D eigenvalue weighted by molar-refractivity contribution is 9.10. The van der Waals surface area contributed by atoms with Crippen LogP contribution in [0.2, 0.25) is 0 Å². The molecule has 0 saturated carbocycles. The lowest BCUT2D eigenvalue weighted by atomic mass is 10.1. The van der Waals surface area contributed by atoms with Crippen LogP contribution in [0.25, 0.3) is 0 Å². The van der Waals surface area contributed by atoms with Crippen LogP contribution in [-0.2, 0) is 16.0 Å². The van der Waals surface area contributed by atoms with Crippen LogP contribution in [0.3, 0.4) is 0 Å². The molecule has 70 valence electrons. The maximum Gasteiger partial charge on any atom is 0.310 e. The minimum absolute atomic E-state index is 0.241. The molecule has 0 spiro atoms. The Morgan fingerprint density at radius 3 is 2.85 bits per heavy atom. The van der Waals surface area contributed by atoms with E-state index in [0.29, 0.717) is 0 Å². The fraction of sp³-hybridized carbons (Fsp3) is 0.333. The first-order chi connectivity index (χ1) is 6.15. The van der Waals surface area contributed by atoms with Crippen molar-refractivity contribution in [1.29, 1.82) is 0 Å². The van der Waals surface area contributed by atoms with E-state index in [4.69, 9.17) is 0 Å². The summed E-state index contributed by atoms with van der Waals surface area (Å²) in [5, 5.41) is 0. The van der Waals surface area contributed by atoms with Crippen LogP contribution < -0.4 is 0 Å². The number of halogens is 1. The molecule has 1 aromatic heterocycles. The minimum atomic E-state index is -0.241. The maximum absolute atomic E-state index is 11.0. The number of carbonyl (C=O) groups is 1. The first-order valence-electron chi connectivity index (χ1n) is 3.81. The number of methoxy groups -OCH3 is 1. The van der Waals surface area contributed by atoms with E-state index in [9.17, 15) is 4.79 Å². The van der Waals surface area contributed by atoms with Crippen LogP contribution in [0.15, 0.2) is 16.9 Å². The topological polar surface area (TPSA) is 39.2 Å². The average Bonchev–Trinajstić information content (AvgIpc) is 2.11. The zero-order valence-corrected chi connectivity index (χ0v) is 9.09. The third-order valence-electron chi connectivity index (χ3n) is 1.77. The van der Waals surface area contributed by atoms with Gasteiger partial charge in [-0.25, -0.2) is 0 Å². The quantitative estimate of drug-likeness (QED) is 0.745. The van der Waals surface area contributed by atoms with E-state index in [2.05, 4.69) is 25.7 Å². The molecular weight excluding hydrogens is 234 g/mol. The fourth-order valence-electron chi connectivity index (χ4n) is 0.999. The van der Waals surface area contributed by atoms with Crippen LogP contribution in [-0.4, -0.2) is 18.1 Å². The van der Waals surface area contributed by atoms with Crippen molar-refractivity contribution in [2.24, 2.45) is 0 Å². The van der Waals surface area contributed by atoms with Gasteiger partial charge in [-0.3, -0.25) is 9.78 Å². The van der Waals surface area contributed by atoms with E-state index >= 15 is 0 Å². The van der Waals surface area contributed by atoms with Crippen molar-refractivity contribution in [3.05, 3.63) is 28.0 Å². The van der Waals surface area contributed by atoms with Gasteiger partial charge in [0.1, 0.15) is 0 Å². The summed E-state index contributed by atoms with van der Waals surface area (Å²) in [5.74, 6) is -0.241. The van der Waals surface area contributed by atoms with Gasteiger partial charge < -0.3 is 4.74 Å². The van der Waals surface area contributed by atoms with Gasteiger partial charge in [0.15, 0.2) is 0 Å². The molecule has 0 aliphatic heterocycles. The Balaban J connectivity index is 2.93. The summed E-state index contributed by atoms with van der Waals surface area (Å²) < 4.78 is 5.43. The number of rotatable bonds is 2. The van der Waals surface area contributed by atoms with Gasteiger partial charge in [-0.1, -0.05) is 0 Å². The van der Waals surface area contributed by atoms with Crippen molar-refractivity contribution in [3.63, 3.8) is 0 Å². The molecule has 0 amide bonds. The number of nitrogens with zero attached hydrogens (tertiary/aromatic N) is 1. The van der Waals surface area contributed by atoms with Gasteiger partial charge in [-0.2, -0.15) is 0 Å². The van der Waals surface area contributed by atoms with E-state index in [0.717, 1.165) is 15.6 Å². The highest BCUT2D eigenvalue weighted by Gasteiger charge is 2.09. The summed E-state index contributed by atoms with van der Waals surface area (Å²) in [6.07, 6.45) is 3.68. The highest BCUT2D eigenvalue weighted by Crippen LogP contribution is 2.19. The van der Waals surface area contributed by atoms with Crippen molar-refractivity contribution >= 4 is 21.9 Å². The van der Waals surface area contributed by atoms with Gasteiger partial charge in [0.05, 0.1) is 13.5 Å². The molecule has 1 heterocycles. The minimum Gasteiger partial charge on any atom is -0.469 e. The number of esters is 1. The molecule has 0 atom stereocenters. The zero-order chi connectivity index (χ0) is 9.84. The van der Waals surface area contributed by atoms with Crippen LogP contribution in [0.1, 0.15) is 11.1 Å². The van der Waals surface area contributed by atoms with Crippen LogP contribution in [0.5, 0.6) is 0 Å². The normalized spacial score (nSPS) is 9.77. The van der Waals surface area contributed by atoms with Crippen molar-refractivity contribution in [2.75, 3.05) is 7.11 Å². The van der Waals surface area contributed by atoms with Crippen LogP contribution in [0, 0.1) is 6.92 Å². The van der Waals surface area contributed by atoms with E-state index in [1.54, 1.807) is 12.4 Å². The molecule has 0 radical (unpaired) electrons. The summed E-state index contributed by atoms with van der Waals surface area (Å²) in [6, 6.07) is 0. The molecule has 0 bridgehead atoms. The number of carbonyl (C=O) groups excluding carboxylic acids is 1. The summed E-state index contributed by atoms with van der Waals surface area (Å²) >= 11 is 3.33. The molecule has 0 fully saturated rings. The van der Waals surface area contributed by atoms with Crippen molar-refractivity contribution in [2.45, 2.75) is 13.3 Å². The van der Waals surface area contributed by atoms with Crippen molar-refractivity contribution < 1.29 is 9.53 Å². The van der Waals surface area contributed by atoms with Crippen molar-refractivity contribution in [1.82, 2.24) is 4.98 Å². The zero-order valence-electron chi connectivity index (χ0n) is 7.50. The number of hydrogen-bond donors (Lipinski definition) is 0. The lowest BCUT2D eigenvalue weighted by Crippen LogP contribution is -2.06. The Labute approximate surface area is 85.3 Å². The third-order valence-corrected chi connectivity index (χ3v) is 2.45. The number of hydrogen-bond acceptors (Lipinski definition) is 3. The lowest BCUT2D eigenvalue weighted by molar-refractivity contribution is -0.139. The average molecular weight is 244 g/mol. The molecule has 0 aliphatic carbocycles. The Morgan fingerprint density at radius 1 is 1.62 bits per heavy atom. The van der Waals surface area contributed by atoms with E-state index < -0.39 is 0 Å². The summed E-state index contributed by atoms with van der Waals surface area (Å²) in [5.41, 5.74) is 1.92. The highest BCUT2D eigenvalue weighted by atomic mass is 79.9. The number of aromatic nitrogens is 1. The predicted molar refractivity (Wildman–Crippen MR) is 52.4 cm³/mol. The Hall–Kier alpha value is -0.900. The molecular formula is C9H10BrNO2. The first kappa shape index (κ1) is 10.2. The molecule has 0 aliphatic rings. The molecule has 1 rings (SSSR count). The predicted octanol–water partition coefficient (Wildman–Crippen LogP) is 1.87. The standard InChI is InChI=1S/C9H10BrNO2/c1-6-4-11-5-8(10)7(6)3-9(12)13-2/h4-5H,3H2,1-2H3. The first-order valence-corrected chi connectivity index (χ1v) is 4.60. The Morgan fingerprint density at radius 2 is 2.31 bits per heavy atom. The smallest absolute Gasteiger partial charge is 0.310 e. The Kier molecular flexibility index (Phi) is 3.42. The van der Waals surface area contributed by atoms with Gasteiger partial charge in [0.2, 0.25) is 0 Å². The second kappa shape index (κ2) is 4.37. The van der Waals surface area contributed by atoms with Gasteiger partial charge in [0.25, 0.3) is 0 Å². The summed E-state index contributed by atoms with van der Waals surface area (Å²) in [4.78, 5) is 15.0. The second-order valence-corrected chi connectivity index (χ2v) is 3.52. The van der Waals surface area contributed by atoms with Gasteiger partial charge in [-0.05, 0) is 34.0 Å². The summed E-state index contributed by atoms with van der Waals surface area (Å²) in [7, 11) is 1.38.